The van der Waals surface area contributed by atoms with Crippen LogP contribution >= 0.6 is 0 Å². The van der Waals surface area contributed by atoms with Crippen LogP contribution in [0.4, 0.5) is 4.39 Å². The zero-order valence-corrected chi connectivity index (χ0v) is 16.9. The van der Waals surface area contributed by atoms with Crippen LogP contribution in [-0.2, 0) is 5.60 Å². The fourth-order valence-electron chi connectivity index (χ4n) is 5.82. The van der Waals surface area contributed by atoms with E-state index in [9.17, 15) is 9.50 Å². The molecule has 0 amide bonds. The second-order valence-electron chi connectivity index (χ2n) is 9.28. The summed E-state index contributed by atoms with van der Waals surface area (Å²) in [4.78, 5) is 17.6. The van der Waals surface area contributed by atoms with Gasteiger partial charge in [0.2, 0.25) is 0 Å². The van der Waals surface area contributed by atoms with E-state index in [4.69, 9.17) is 0 Å². The Bertz CT molecular complexity index is 878. The maximum atomic E-state index is 14.0. The van der Waals surface area contributed by atoms with Crippen LogP contribution in [0.2, 0.25) is 0 Å². The van der Waals surface area contributed by atoms with Crippen LogP contribution in [-0.4, -0.2) is 69.1 Å². The Labute approximate surface area is 170 Å². The summed E-state index contributed by atoms with van der Waals surface area (Å²) in [6.45, 7) is 4.09. The highest BCUT2D eigenvalue weighted by atomic mass is 19.1. The number of piperidine rings is 1. The number of aliphatic hydroxyl groups is 1. The number of halogens is 1. The van der Waals surface area contributed by atoms with E-state index in [0.29, 0.717) is 41.2 Å². The summed E-state index contributed by atoms with van der Waals surface area (Å²) in [5.41, 5.74) is 1.05. The molecule has 0 aromatic carbocycles. The molecule has 154 valence electrons. The fraction of sp³-hybridized carbons (Fsp3) is 0.591. The number of aromatic nitrogens is 3. The molecule has 3 fully saturated rings. The van der Waals surface area contributed by atoms with Gasteiger partial charge in [-0.3, -0.25) is 15.0 Å². The number of pyridine rings is 1. The lowest BCUT2D eigenvalue weighted by Gasteiger charge is -2.47. The second kappa shape index (κ2) is 7.07. The van der Waals surface area contributed by atoms with Gasteiger partial charge in [0.15, 0.2) is 0 Å². The molecule has 1 spiro atoms. The van der Waals surface area contributed by atoms with Crippen molar-refractivity contribution in [2.45, 2.75) is 43.7 Å². The first-order chi connectivity index (χ1) is 14.0. The molecule has 2 aromatic heterocycles. The van der Waals surface area contributed by atoms with Crippen molar-refractivity contribution in [1.82, 2.24) is 24.8 Å². The molecule has 3 aliphatic rings. The molecule has 1 unspecified atom stereocenters. The highest BCUT2D eigenvalue weighted by molar-refractivity contribution is 5.59. The van der Waals surface area contributed by atoms with Crippen LogP contribution in [0.1, 0.15) is 37.7 Å². The Kier molecular flexibility index (Phi) is 4.64. The standard InChI is InChI=1S/C22H28FN5O/c1-27-14-21(15-27)3-2-17(11-21)28-8-4-22(29,5-9-28)18-10-16(23)12-26-20(18)19-13-24-6-7-25-19/h6-7,10,12-13,17,29H,2-5,8-9,11,14-15H2,1H3. The normalized spacial score (nSPS) is 26.5. The smallest absolute Gasteiger partial charge is 0.141 e. The maximum Gasteiger partial charge on any atom is 0.141 e. The molecule has 1 saturated carbocycles. The number of hydrogen-bond acceptors (Lipinski definition) is 6. The molecule has 4 heterocycles. The maximum absolute atomic E-state index is 14.0. The molecule has 1 atom stereocenters. The van der Waals surface area contributed by atoms with Gasteiger partial charge in [-0.05, 0) is 50.6 Å². The Morgan fingerprint density at radius 3 is 2.59 bits per heavy atom. The van der Waals surface area contributed by atoms with Crippen molar-refractivity contribution in [3.8, 4) is 11.4 Å². The highest BCUT2D eigenvalue weighted by Crippen LogP contribution is 2.47. The Morgan fingerprint density at radius 2 is 1.90 bits per heavy atom. The number of rotatable bonds is 3. The van der Waals surface area contributed by atoms with Gasteiger partial charge in [0, 0.05) is 50.2 Å². The zero-order valence-electron chi connectivity index (χ0n) is 16.9. The van der Waals surface area contributed by atoms with Gasteiger partial charge in [0.05, 0.1) is 23.7 Å². The average Bonchev–Trinajstić information content (AvgIpc) is 3.14. The van der Waals surface area contributed by atoms with Crippen LogP contribution in [0.3, 0.4) is 0 Å². The summed E-state index contributed by atoms with van der Waals surface area (Å²) in [5.74, 6) is -0.435. The SMILES string of the molecule is CN1CC2(CCC(N3CCC(O)(c4cc(F)cnc4-c4cnccn4)CC3)C2)C1. The molecule has 5 rings (SSSR count). The van der Waals surface area contributed by atoms with Crippen LogP contribution in [0.15, 0.2) is 30.9 Å². The van der Waals surface area contributed by atoms with Gasteiger partial charge < -0.3 is 14.9 Å². The second-order valence-corrected chi connectivity index (χ2v) is 9.28. The van der Waals surface area contributed by atoms with Gasteiger partial charge in [0.1, 0.15) is 11.5 Å². The van der Waals surface area contributed by atoms with E-state index < -0.39 is 11.4 Å². The van der Waals surface area contributed by atoms with Gasteiger partial charge >= 0.3 is 0 Å². The van der Waals surface area contributed by atoms with Crippen molar-refractivity contribution in [3.63, 3.8) is 0 Å². The molecule has 0 radical (unpaired) electrons. The van der Waals surface area contributed by atoms with E-state index >= 15 is 0 Å². The molecule has 7 heteroatoms. The molecule has 2 aliphatic heterocycles. The van der Waals surface area contributed by atoms with E-state index in [0.717, 1.165) is 13.1 Å². The summed E-state index contributed by atoms with van der Waals surface area (Å²) in [6.07, 6.45) is 11.0. The van der Waals surface area contributed by atoms with E-state index in [-0.39, 0.29) is 0 Å². The lowest BCUT2D eigenvalue weighted by molar-refractivity contribution is -0.0395. The third kappa shape index (κ3) is 3.45. The van der Waals surface area contributed by atoms with Crippen molar-refractivity contribution < 1.29 is 9.50 Å². The van der Waals surface area contributed by atoms with E-state index in [1.54, 1.807) is 18.6 Å². The Morgan fingerprint density at radius 1 is 1.10 bits per heavy atom. The molecule has 2 saturated heterocycles. The third-order valence-electron chi connectivity index (χ3n) is 7.19. The first-order valence-electron chi connectivity index (χ1n) is 10.5. The minimum absolute atomic E-state index is 0.435. The summed E-state index contributed by atoms with van der Waals surface area (Å²) in [7, 11) is 2.20. The van der Waals surface area contributed by atoms with Gasteiger partial charge in [0.25, 0.3) is 0 Å². The minimum atomic E-state index is -1.09. The first-order valence-corrected chi connectivity index (χ1v) is 10.5. The van der Waals surface area contributed by atoms with Crippen LogP contribution in [0, 0.1) is 11.2 Å². The number of likely N-dealkylation sites (tertiary alicyclic amines) is 2. The lowest BCUT2D eigenvalue weighted by atomic mass is 9.78. The summed E-state index contributed by atoms with van der Waals surface area (Å²) >= 11 is 0. The van der Waals surface area contributed by atoms with E-state index in [2.05, 4.69) is 31.8 Å². The molecule has 29 heavy (non-hydrogen) atoms. The minimum Gasteiger partial charge on any atom is -0.385 e. The summed E-state index contributed by atoms with van der Waals surface area (Å²) < 4.78 is 14.0. The van der Waals surface area contributed by atoms with Crippen molar-refractivity contribution in [2.75, 3.05) is 33.2 Å². The van der Waals surface area contributed by atoms with Crippen LogP contribution in [0.5, 0.6) is 0 Å². The van der Waals surface area contributed by atoms with Crippen molar-refractivity contribution in [2.24, 2.45) is 5.41 Å². The average molecular weight is 397 g/mol. The van der Waals surface area contributed by atoms with Gasteiger partial charge in [-0.2, -0.15) is 0 Å². The van der Waals surface area contributed by atoms with Gasteiger partial charge in [-0.1, -0.05) is 0 Å². The summed E-state index contributed by atoms with van der Waals surface area (Å²) in [6, 6.07) is 2.03. The predicted molar refractivity (Wildman–Crippen MR) is 107 cm³/mol. The van der Waals surface area contributed by atoms with Crippen LogP contribution < -0.4 is 0 Å². The number of hydrogen-bond donors (Lipinski definition) is 1. The molecule has 6 nitrogen and oxygen atoms in total. The highest BCUT2D eigenvalue weighted by Gasteiger charge is 2.49. The molecule has 0 bridgehead atoms. The monoisotopic (exact) mass is 397 g/mol. The molecular weight excluding hydrogens is 369 g/mol. The summed E-state index contributed by atoms with van der Waals surface area (Å²) in [5, 5.41) is 11.5. The van der Waals surface area contributed by atoms with Gasteiger partial charge in [-0.15, -0.1) is 0 Å². The van der Waals surface area contributed by atoms with Crippen molar-refractivity contribution in [3.05, 3.63) is 42.2 Å². The Hall–Kier alpha value is -1.96. The molecule has 1 N–H and O–H groups in total. The topological polar surface area (TPSA) is 65.4 Å². The van der Waals surface area contributed by atoms with Crippen LogP contribution in [0.25, 0.3) is 11.4 Å². The Balaban J connectivity index is 1.33. The predicted octanol–water partition coefficient (Wildman–Crippen LogP) is 2.45. The number of nitrogens with zero attached hydrogens (tertiary/aromatic N) is 5. The zero-order chi connectivity index (χ0) is 20.1. The molecule has 2 aromatic rings. The quantitative estimate of drug-likeness (QED) is 0.858. The van der Waals surface area contributed by atoms with Gasteiger partial charge in [-0.25, -0.2) is 4.39 Å². The lowest BCUT2D eigenvalue weighted by Crippen LogP contribution is -2.54. The van der Waals surface area contributed by atoms with Crippen molar-refractivity contribution in [1.29, 1.82) is 0 Å². The third-order valence-corrected chi connectivity index (χ3v) is 7.19. The van der Waals surface area contributed by atoms with E-state index in [1.165, 1.54) is 44.6 Å². The largest absolute Gasteiger partial charge is 0.385 e. The molecule has 1 aliphatic carbocycles. The van der Waals surface area contributed by atoms with E-state index in [1.807, 2.05) is 0 Å². The molecular formula is C22H28FN5O. The first kappa shape index (κ1) is 19.0. The fourth-order valence-corrected chi connectivity index (χ4v) is 5.82. The van der Waals surface area contributed by atoms with Crippen molar-refractivity contribution >= 4 is 0 Å².